The summed E-state index contributed by atoms with van der Waals surface area (Å²) in [5, 5.41) is 3.35. The molecule has 0 N–H and O–H groups in total. The third kappa shape index (κ3) is 3.65. The molecule has 0 aliphatic carbocycles. The van der Waals surface area contributed by atoms with E-state index in [1.165, 1.54) is 30.6 Å². The molecule has 1 aliphatic rings. The third-order valence-corrected chi connectivity index (χ3v) is 5.08. The van der Waals surface area contributed by atoms with Gasteiger partial charge in [0.2, 0.25) is 0 Å². The van der Waals surface area contributed by atoms with Crippen LogP contribution in [0.3, 0.4) is 0 Å². The molecule has 4 nitrogen and oxygen atoms in total. The first-order valence-corrected chi connectivity index (χ1v) is 8.76. The monoisotopic (exact) mass is 316 g/mol. The first kappa shape index (κ1) is 15.4. The van der Waals surface area contributed by atoms with E-state index in [9.17, 15) is 0 Å². The van der Waals surface area contributed by atoms with Crippen molar-refractivity contribution in [2.75, 3.05) is 32.1 Å². The maximum atomic E-state index is 4.60. The molecule has 0 aromatic carbocycles. The van der Waals surface area contributed by atoms with Crippen LogP contribution < -0.4 is 4.90 Å². The molecule has 3 heterocycles. The molecular weight excluding hydrogens is 292 g/mol. The largest absolute Gasteiger partial charge is 0.363 e. The molecule has 5 heteroatoms. The fourth-order valence-electron chi connectivity index (χ4n) is 3.11. The zero-order valence-electron chi connectivity index (χ0n) is 13.6. The van der Waals surface area contributed by atoms with Crippen LogP contribution in [0.1, 0.15) is 35.0 Å². The predicted molar refractivity (Wildman–Crippen MR) is 92.7 cm³/mol. The third-order valence-electron chi connectivity index (χ3n) is 4.26. The van der Waals surface area contributed by atoms with Gasteiger partial charge in [0.25, 0.3) is 0 Å². The highest BCUT2D eigenvalue weighted by Gasteiger charge is 2.22. The molecule has 1 unspecified atom stereocenters. The predicted octanol–water partition coefficient (Wildman–Crippen LogP) is 3.29. The lowest BCUT2D eigenvalue weighted by Gasteiger charge is -2.32. The van der Waals surface area contributed by atoms with Gasteiger partial charge in [-0.25, -0.2) is 9.97 Å². The van der Waals surface area contributed by atoms with Gasteiger partial charge in [0.05, 0.1) is 10.7 Å². The average molecular weight is 316 g/mol. The Morgan fingerprint density at radius 2 is 2.27 bits per heavy atom. The summed E-state index contributed by atoms with van der Waals surface area (Å²) in [6.07, 6.45) is 4.46. The van der Waals surface area contributed by atoms with Crippen molar-refractivity contribution >= 4 is 17.2 Å². The summed E-state index contributed by atoms with van der Waals surface area (Å²) in [5.41, 5.74) is 2.63. The number of hydrogen-bond donors (Lipinski definition) is 0. The van der Waals surface area contributed by atoms with E-state index in [4.69, 9.17) is 0 Å². The van der Waals surface area contributed by atoms with Gasteiger partial charge in [-0.15, -0.1) is 11.3 Å². The lowest BCUT2D eigenvalue weighted by Crippen LogP contribution is -2.34. The van der Waals surface area contributed by atoms with Crippen molar-refractivity contribution in [3.8, 4) is 0 Å². The summed E-state index contributed by atoms with van der Waals surface area (Å²) in [4.78, 5) is 13.6. The Hall–Kier alpha value is -1.46. The van der Waals surface area contributed by atoms with Crippen molar-refractivity contribution in [3.63, 3.8) is 0 Å². The van der Waals surface area contributed by atoms with Crippen LogP contribution in [0.5, 0.6) is 0 Å². The van der Waals surface area contributed by atoms with Crippen molar-refractivity contribution in [3.05, 3.63) is 40.0 Å². The van der Waals surface area contributed by atoms with Crippen LogP contribution in [0.15, 0.2) is 23.7 Å². The lowest BCUT2D eigenvalue weighted by atomic mass is 9.91. The van der Waals surface area contributed by atoms with E-state index in [0.717, 1.165) is 23.9 Å². The van der Waals surface area contributed by atoms with E-state index in [1.54, 1.807) is 11.3 Å². The Kier molecular flexibility index (Phi) is 4.74. The zero-order chi connectivity index (χ0) is 15.5. The summed E-state index contributed by atoms with van der Waals surface area (Å²) in [7, 11) is 4.09. The molecule has 0 saturated carbocycles. The summed E-state index contributed by atoms with van der Waals surface area (Å²) in [5.74, 6) is 1.65. The average Bonchev–Trinajstić information content (AvgIpc) is 2.93. The molecule has 0 spiro atoms. The Balaban J connectivity index is 1.68. The van der Waals surface area contributed by atoms with Crippen molar-refractivity contribution in [1.82, 2.24) is 14.9 Å². The van der Waals surface area contributed by atoms with Crippen molar-refractivity contribution in [2.45, 2.75) is 32.2 Å². The minimum atomic E-state index is 0.607. The second kappa shape index (κ2) is 6.75. The first-order valence-electron chi connectivity index (χ1n) is 7.88. The van der Waals surface area contributed by atoms with Crippen LogP contribution in [0, 0.1) is 6.92 Å². The Bertz CT molecular complexity index is 623. The standard InChI is InChI=1S/C17H24N4S/c1-13-19-16(12-22-13)11-21-8-4-5-15(10-21)14-6-7-18-17(9-14)20(2)3/h6-7,9,12,15H,4-5,8,10-11H2,1-3H3. The number of pyridine rings is 1. The molecule has 1 aliphatic heterocycles. The number of hydrogen-bond acceptors (Lipinski definition) is 5. The van der Waals surface area contributed by atoms with Gasteiger partial charge in [0.1, 0.15) is 5.82 Å². The number of aromatic nitrogens is 2. The molecule has 1 fully saturated rings. The number of aryl methyl sites for hydroxylation is 1. The van der Waals surface area contributed by atoms with Crippen LogP contribution in [0.2, 0.25) is 0 Å². The van der Waals surface area contributed by atoms with E-state index in [1.807, 2.05) is 20.3 Å². The van der Waals surface area contributed by atoms with Gasteiger partial charge in [-0.3, -0.25) is 4.90 Å². The molecule has 1 saturated heterocycles. The van der Waals surface area contributed by atoms with E-state index in [2.05, 4.69) is 44.2 Å². The Labute approximate surface area is 136 Å². The second-order valence-corrected chi connectivity index (χ2v) is 7.34. The van der Waals surface area contributed by atoms with Gasteiger partial charge in [-0.1, -0.05) is 0 Å². The van der Waals surface area contributed by atoms with Crippen molar-refractivity contribution in [2.24, 2.45) is 0 Å². The number of thiazole rings is 1. The lowest BCUT2D eigenvalue weighted by molar-refractivity contribution is 0.198. The highest BCUT2D eigenvalue weighted by molar-refractivity contribution is 7.09. The van der Waals surface area contributed by atoms with Crippen LogP contribution in [0.4, 0.5) is 5.82 Å². The number of nitrogens with zero attached hydrogens (tertiary/aromatic N) is 4. The zero-order valence-corrected chi connectivity index (χ0v) is 14.4. The maximum absolute atomic E-state index is 4.60. The molecule has 22 heavy (non-hydrogen) atoms. The highest BCUT2D eigenvalue weighted by Crippen LogP contribution is 2.29. The number of anilines is 1. The summed E-state index contributed by atoms with van der Waals surface area (Å²) >= 11 is 1.74. The highest BCUT2D eigenvalue weighted by atomic mass is 32.1. The molecule has 2 aromatic heterocycles. The Morgan fingerprint density at radius 1 is 1.41 bits per heavy atom. The normalized spacial score (nSPS) is 19.3. The van der Waals surface area contributed by atoms with Gasteiger partial charge < -0.3 is 4.90 Å². The molecule has 0 amide bonds. The van der Waals surface area contributed by atoms with Crippen LogP contribution in [-0.2, 0) is 6.54 Å². The van der Waals surface area contributed by atoms with Crippen LogP contribution >= 0.6 is 11.3 Å². The van der Waals surface area contributed by atoms with Gasteiger partial charge in [-0.05, 0) is 49.9 Å². The summed E-state index contributed by atoms with van der Waals surface area (Å²) in [6.45, 7) is 5.35. The molecule has 0 radical (unpaired) electrons. The minimum absolute atomic E-state index is 0.607. The maximum Gasteiger partial charge on any atom is 0.128 e. The Morgan fingerprint density at radius 3 is 3.00 bits per heavy atom. The van der Waals surface area contributed by atoms with Crippen LogP contribution in [-0.4, -0.2) is 42.1 Å². The fourth-order valence-corrected chi connectivity index (χ4v) is 3.72. The van der Waals surface area contributed by atoms with Crippen molar-refractivity contribution < 1.29 is 0 Å². The first-order chi connectivity index (χ1) is 10.6. The van der Waals surface area contributed by atoms with Crippen molar-refractivity contribution in [1.29, 1.82) is 0 Å². The molecule has 118 valence electrons. The fraction of sp³-hybridized carbons (Fsp3) is 0.529. The van der Waals surface area contributed by atoms with E-state index in [-0.39, 0.29) is 0 Å². The molecule has 2 aromatic rings. The minimum Gasteiger partial charge on any atom is -0.363 e. The van der Waals surface area contributed by atoms with Gasteiger partial charge in [-0.2, -0.15) is 0 Å². The van der Waals surface area contributed by atoms with E-state index < -0.39 is 0 Å². The SMILES string of the molecule is Cc1nc(CN2CCCC(c3ccnc(N(C)C)c3)C2)cs1. The molecule has 3 rings (SSSR count). The topological polar surface area (TPSA) is 32.3 Å². The van der Waals surface area contributed by atoms with Gasteiger partial charge in [0.15, 0.2) is 0 Å². The summed E-state index contributed by atoms with van der Waals surface area (Å²) in [6, 6.07) is 4.41. The number of rotatable bonds is 4. The molecular formula is C17H24N4S. The second-order valence-electron chi connectivity index (χ2n) is 6.27. The van der Waals surface area contributed by atoms with E-state index >= 15 is 0 Å². The van der Waals surface area contributed by atoms with Gasteiger partial charge >= 0.3 is 0 Å². The van der Waals surface area contributed by atoms with Crippen LogP contribution in [0.25, 0.3) is 0 Å². The number of likely N-dealkylation sites (tertiary alicyclic amines) is 1. The summed E-state index contributed by atoms with van der Waals surface area (Å²) < 4.78 is 0. The quantitative estimate of drug-likeness (QED) is 0.866. The number of piperidine rings is 1. The van der Waals surface area contributed by atoms with E-state index in [0.29, 0.717) is 5.92 Å². The van der Waals surface area contributed by atoms with Gasteiger partial charge in [0, 0.05) is 38.8 Å². The molecule has 0 bridgehead atoms. The smallest absolute Gasteiger partial charge is 0.128 e. The molecule has 1 atom stereocenters.